The average Bonchev–Trinajstić information content (AvgIpc) is 2.82. The quantitative estimate of drug-likeness (QED) is 0.603. The lowest BCUT2D eigenvalue weighted by molar-refractivity contribution is -0.155. The summed E-state index contributed by atoms with van der Waals surface area (Å²) in [6.07, 6.45) is -0.613. The fraction of sp³-hybridized carbons (Fsp3) is 0.231. The number of anilines is 1. The zero-order chi connectivity index (χ0) is 22.3. The van der Waals surface area contributed by atoms with Gasteiger partial charge in [-0.3, -0.25) is 9.59 Å². The Kier molecular flexibility index (Phi) is 6.94. The van der Waals surface area contributed by atoms with Crippen LogP contribution in [0.3, 0.4) is 0 Å². The fourth-order valence-electron chi connectivity index (χ4n) is 3.84. The minimum atomic E-state index is -0.906. The van der Waals surface area contributed by atoms with Gasteiger partial charge in [0.25, 0.3) is 0 Å². The van der Waals surface area contributed by atoms with Gasteiger partial charge in [-0.25, -0.2) is 0 Å². The number of nitrogens with one attached hydrogen (secondary N) is 1. The molecule has 0 aliphatic carbocycles. The van der Waals surface area contributed by atoms with Crippen LogP contribution in [0.2, 0.25) is 0 Å². The van der Waals surface area contributed by atoms with Crippen molar-refractivity contribution in [3.8, 4) is 0 Å². The number of amides is 2. The molecule has 2 atom stereocenters. The first kappa shape index (κ1) is 21.7. The smallest absolute Gasteiger partial charge is 0.249 e. The minimum Gasteiger partial charge on any atom is -0.386 e. The molecule has 32 heavy (non-hydrogen) atoms. The Balaban J connectivity index is 1.42. The first-order valence-corrected chi connectivity index (χ1v) is 10.6. The van der Waals surface area contributed by atoms with Crippen molar-refractivity contribution in [3.05, 3.63) is 102 Å². The lowest BCUT2D eigenvalue weighted by Gasteiger charge is -2.38. The highest BCUT2D eigenvalue weighted by atomic mass is 16.5. The Morgan fingerprint density at radius 1 is 0.969 bits per heavy atom. The van der Waals surface area contributed by atoms with Gasteiger partial charge < -0.3 is 20.1 Å². The Morgan fingerprint density at radius 2 is 1.59 bits per heavy atom. The second kappa shape index (κ2) is 10.2. The molecule has 3 aromatic rings. The van der Waals surface area contributed by atoms with Crippen LogP contribution in [0.25, 0.3) is 0 Å². The maximum Gasteiger partial charge on any atom is 0.249 e. The van der Waals surface area contributed by atoms with Crippen molar-refractivity contribution in [1.82, 2.24) is 4.90 Å². The molecule has 1 aliphatic heterocycles. The number of aliphatic hydroxyl groups is 1. The van der Waals surface area contributed by atoms with E-state index in [0.717, 1.165) is 11.1 Å². The normalized spacial score (nSPS) is 17.1. The highest BCUT2D eigenvalue weighted by Gasteiger charge is 2.34. The molecule has 0 bridgehead atoms. The third kappa shape index (κ3) is 5.41. The summed E-state index contributed by atoms with van der Waals surface area (Å²) in [5, 5.41) is 13.9. The monoisotopic (exact) mass is 430 g/mol. The Bertz CT molecular complexity index is 1040. The molecule has 0 unspecified atom stereocenters. The first-order chi connectivity index (χ1) is 15.6. The number of nitrogens with zero attached hydrogens (tertiary/aromatic N) is 1. The van der Waals surface area contributed by atoms with E-state index in [2.05, 4.69) is 5.32 Å². The van der Waals surface area contributed by atoms with Crippen molar-refractivity contribution < 1.29 is 19.4 Å². The third-order valence-electron chi connectivity index (χ3n) is 5.54. The number of hydrogen-bond acceptors (Lipinski definition) is 4. The maximum absolute atomic E-state index is 12.5. The van der Waals surface area contributed by atoms with E-state index in [1.54, 1.807) is 29.2 Å². The molecule has 6 nitrogen and oxygen atoms in total. The molecule has 0 saturated carbocycles. The van der Waals surface area contributed by atoms with Crippen molar-refractivity contribution in [2.45, 2.75) is 25.1 Å². The number of ether oxygens (including phenoxy) is 1. The molecule has 1 heterocycles. The zero-order valence-corrected chi connectivity index (χ0v) is 17.7. The lowest BCUT2D eigenvalue weighted by Crippen LogP contribution is -2.51. The molecule has 1 saturated heterocycles. The third-order valence-corrected chi connectivity index (χ3v) is 5.54. The van der Waals surface area contributed by atoms with Crippen LogP contribution in [-0.2, 0) is 27.3 Å². The minimum absolute atomic E-state index is 0.0163. The summed E-state index contributed by atoms with van der Waals surface area (Å²) >= 11 is 0. The Morgan fingerprint density at radius 3 is 2.25 bits per heavy atom. The van der Waals surface area contributed by atoms with Crippen LogP contribution in [0.15, 0.2) is 84.9 Å². The molecule has 2 N–H and O–H groups in total. The maximum atomic E-state index is 12.5. The standard InChI is InChI=1S/C26H26N2O4/c29-24(15-19-7-3-1-4-8-19)27-22-13-11-21(12-14-22)26(31)23-17-32-18-25(30)28(23)16-20-9-5-2-6-10-20/h1-14,23,26,31H,15-18H2,(H,27,29)/t23-,26-/m1/s1. The number of benzene rings is 3. The molecular formula is C26H26N2O4. The number of hydrogen-bond donors (Lipinski definition) is 2. The van der Waals surface area contributed by atoms with Gasteiger partial charge in [0.05, 0.1) is 19.1 Å². The van der Waals surface area contributed by atoms with Gasteiger partial charge in [0.2, 0.25) is 11.8 Å². The van der Waals surface area contributed by atoms with E-state index in [0.29, 0.717) is 24.2 Å². The summed E-state index contributed by atoms with van der Waals surface area (Å²) in [5.41, 5.74) is 3.25. The van der Waals surface area contributed by atoms with Crippen LogP contribution in [0.1, 0.15) is 22.8 Å². The number of morpholine rings is 1. The molecule has 0 aromatic heterocycles. The second-order valence-corrected chi connectivity index (χ2v) is 7.87. The summed E-state index contributed by atoms with van der Waals surface area (Å²) in [5.74, 6) is -0.251. The molecule has 0 radical (unpaired) electrons. The number of carbonyl (C=O) groups is 2. The molecule has 1 aliphatic rings. The molecule has 3 aromatic carbocycles. The summed E-state index contributed by atoms with van der Waals surface area (Å²) in [7, 11) is 0. The van der Waals surface area contributed by atoms with Crippen LogP contribution in [-0.4, -0.2) is 41.1 Å². The van der Waals surface area contributed by atoms with Crippen LogP contribution in [0.4, 0.5) is 5.69 Å². The Hall–Kier alpha value is -3.48. The highest BCUT2D eigenvalue weighted by Crippen LogP contribution is 2.26. The van der Waals surface area contributed by atoms with Gasteiger partial charge in [0, 0.05) is 12.2 Å². The van der Waals surface area contributed by atoms with Gasteiger partial charge in [-0.15, -0.1) is 0 Å². The van der Waals surface area contributed by atoms with E-state index >= 15 is 0 Å². The van der Waals surface area contributed by atoms with Crippen LogP contribution in [0.5, 0.6) is 0 Å². The van der Waals surface area contributed by atoms with E-state index in [9.17, 15) is 14.7 Å². The van der Waals surface area contributed by atoms with Crippen LogP contribution < -0.4 is 5.32 Å². The van der Waals surface area contributed by atoms with Crippen LogP contribution in [0, 0.1) is 0 Å². The Labute approximate surface area is 187 Å². The summed E-state index contributed by atoms with van der Waals surface area (Å²) in [6.45, 7) is 0.691. The molecule has 4 rings (SSSR count). The van der Waals surface area contributed by atoms with E-state index < -0.39 is 12.1 Å². The molecule has 2 amide bonds. The van der Waals surface area contributed by atoms with Crippen molar-refractivity contribution in [3.63, 3.8) is 0 Å². The topological polar surface area (TPSA) is 78.9 Å². The zero-order valence-electron chi connectivity index (χ0n) is 17.7. The van der Waals surface area contributed by atoms with Crippen molar-refractivity contribution in [2.75, 3.05) is 18.5 Å². The summed E-state index contributed by atoms with van der Waals surface area (Å²) < 4.78 is 5.43. The predicted octanol–water partition coefficient (Wildman–Crippen LogP) is 3.33. The average molecular weight is 431 g/mol. The first-order valence-electron chi connectivity index (χ1n) is 10.6. The summed E-state index contributed by atoms with van der Waals surface area (Å²) in [6, 6.07) is 25.8. The van der Waals surface area contributed by atoms with Gasteiger partial charge in [0.15, 0.2) is 0 Å². The molecule has 164 valence electrons. The molecule has 6 heteroatoms. The lowest BCUT2D eigenvalue weighted by atomic mass is 9.99. The van der Waals surface area contributed by atoms with Gasteiger partial charge in [-0.05, 0) is 28.8 Å². The van der Waals surface area contributed by atoms with E-state index in [-0.39, 0.29) is 25.0 Å². The van der Waals surface area contributed by atoms with E-state index in [1.807, 2.05) is 60.7 Å². The van der Waals surface area contributed by atoms with Gasteiger partial charge in [-0.1, -0.05) is 72.8 Å². The molecule has 0 spiro atoms. The van der Waals surface area contributed by atoms with Gasteiger partial charge in [-0.2, -0.15) is 0 Å². The SMILES string of the molecule is O=C(Cc1ccccc1)Nc1ccc([C@@H](O)[C@H]2COCC(=O)N2Cc2ccccc2)cc1. The molecule has 1 fully saturated rings. The largest absolute Gasteiger partial charge is 0.386 e. The number of aliphatic hydroxyl groups excluding tert-OH is 1. The fourth-order valence-corrected chi connectivity index (χ4v) is 3.84. The van der Waals surface area contributed by atoms with Gasteiger partial charge >= 0.3 is 0 Å². The number of rotatable bonds is 7. The predicted molar refractivity (Wildman–Crippen MR) is 122 cm³/mol. The van der Waals surface area contributed by atoms with Crippen molar-refractivity contribution in [2.24, 2.45) is 0 Å². The van der Waals surface area contributed by atoms with E-state index in [4.69, 9.17) is 4.74 Å². The van der Waals surface area contributed by atoms with Crippen molar-refractivity contribution >= 4 is 17.5 Å². The van der Waals surface area contributed by atoms with Crippen LogP contribution >= 0.6 is 0 Å². The van der Waals surface area contributed by atoms with E-state index in [1.165, 1.54) is 0 Å². The second-order valence-electron chi connectivity index (χ2n) is 7.87. The summed E-state index contributed by atoms with van der Waals surface area (Å²) in [4.78, 5) is 26.5. The molecular weight excluding hydrogens is 404 g/mol. The highest BCUT2D eigenvalue weighted by molar-refractivity contribution is 5.92. The van der Waals surface area contributed by atoms with Crippen molar-refractivity contribution in [1.29, 1.82) is 0 Å². The number of carbonyl (C=O) groups excluding carboxylic acids is 2. The van der Waals surface area contributed by atoms with Gasteiger partial charge in [0.1, 0.15) is 12.7 Å².